The van der Waals surface area contributed by atoms with Crippen LogP contribution in [0.5, 0.6) is 5.75 Å². The molecule has 1 atom stereocenters. The maximum atomic E-state index is 13.9. The molecule has 4 nitrogen and oxygen atoms in total. The van der Waals surface area contributed by atoms with Crippen LogP contribution in [0.15, 0.2) is 12.1 Å². The van der Waals surface area contributed by atoms with Gasteiger partial charge in [-0.1, -0.05) is 13.8 Å². The molecule has 1 saturated heterocycles. The molecule has 2 rings (SSSR count). The van der Waals surface area contributed by atoms with Gasteiger partial charge in [0.15, 0.2) is 11.6 Å². The maximum absolute atomic E-state index is 13.9. The Bertz CT molecular complexity index is 533. The first-order valence-electron chi connectivity index (χ1n) is 7.40. The van der Waals surface area contributed by atoms with E-state index in [1.807, 2.05) is 6.07 Å². The van der Waals surface area contributed by atoms with Crippen LogP contribution in [0, 0.1) is 23.1 Å². The van der Waals surface area contributed by atoms with Gasteiger partial charge in [-0.25, -0.2) is 4.39 Å². The minimum Gasteiger partial charge on any atom is -0.505 e. The minimum absolute atomic E-state index is 0.0603. The Morgan fingerprint density at radius 1 is 1.38 bits per heavy atom. The number of phenolic OH excluding ortho intramolecular Hbond substituents is 1. The number of hydrogen-bond donors (Lipinski definition) is 2. The molecule has 1 aliphatic heterocycles. The summed E-state index contributed by atoms with van der Waals surface area (Å²) in [6.07, 6.45) is 0.821. The topological polar surface area (TPSA) is 59.3 Å². The van der Waals surface area contributed by atoms with Crippen molar-refractivity contribution in [3.05, 3.63) is 29.1 Å². The van der Waals surface area contributed by atoms with Crippen molar-refractivity contribution in [3.8, 4) is 11.8 Å². The number of benzene rings is 1. The molecule has 0 aliphatic carbocycles. The Hall–Kier alpha value is -1.64. The molecular weight excluding hydrogens is 269 g/mol. The smallest absolute Gasteiger partial charge is 0.166 e. The average Bonchev–Trinajstić information content (AvgIpc) is 2.48. The summed E-state index contributed by atoms with van der Waals surface area (Å²) >= 11 is 0. The van der Waals surface area contributed by atoms with Crippen LogP contribution in [0.2, 0.25) is 0 Å². The summed E-state index contributed by atoms with van der Waals surface area (Å²) in [7, 11) is 0. The first-order valence-corrected chi connectivity index (χ1v) is 7.40. The predicted molar refractivity (Wildman–Crippen MR) is 79.4 cm³/mol. The Balaban J connectivity index is 2.40. The van der Waals surface area contributed by atoms with E-state index in [1.165, 1.54) is 0 Å². The zero-order valence-corrected chi connectivity index (χ0v) is 12.6. The summed E-state index contributed by atoms with van der Waals surface area (Å²) in [5, 5.41) is 22.4. The lowest BCUT2D eigenvalue weighted by Crippen LogP contribution is -2.45. The molecular formula is C16H22FN3O. The monoisotopic (exact) mass is 291 g/mol. The van der Waals surface area contributed by atoms with Crippen molar-refractivity contribution in [2.45, 2.75) is 26.3 Å². The zero-order valence-electron chi connectivity index (χ0n) is 12.6. The van der Waals surface area contributed by atoms with Crippen LogP contribution in [0.3, 0.4) is 0 Å². The fourth-order valence-electron chi connectivity index (χ4n) is 2.85. The SMILES string of the molecule is CC(C)C[C@H](c1cc(C#N)cc(F)c1O)N1CCNCC1. The van der Waals surface area contributed by atoms with E-state index in [1.54, 1.807) is 6.07 Å². The predicted octanol–water partition coefficient (Wildman–Crippen LogP) is 2.40. The highest BCUT2D eigenvalue weighted by Crippen LogP contribution is 2.36. The van der Waals surface area contributed by atoms with E-state index in [0.717, 1.165) is 38.7 Å². The molecule has 0 unspecified atom stereocenters. The highest BCUT2D eigenvalue weighted by Gasteiger charge is 2.27. The second-order valence-corrected chi connectivity index (χ2v) is 5.94. The average molecular weight is 291 g/mol. The van der Waals surface area contributed by atoms with E-state index in [2.05, 4.69) is 24.1 Å². The minimum atomic E-state index is -0.715. The van der Waals surface area contributed by atoms with Crippen molar-refractivity contribution in [2.75, 3.05) is 26.2 Å². The van der Waals surface area contributed by atoms with Crippen molar-refractivity contribution < 1.29 is 9.50 Å². The third-order valence-corrected chi connectivity index (χ3v) is 3.87. The van der Waals surface area contributed by atoms with Gasteiger partial charge in [-0.2, -0.15) is 5.26 Å². The summed E-state index contributed by atoms with van der Waals surface area (Å²) in [5.41, 5.74) is 0.784. The van der Waals surface area contributed by atoms with Crippen LogP contribution in [-0.2, 0) is 0 Å². The second kappa shape index (κ2) is 6.88. The van der Waals surface area contributed by atoms with E-state index < -0.39 is 5.82 Å². The summed E-state index contributed by atoms with van der Waals surface area (Å²) in [4.78, 5) is 2.26. The van der Waals surface area contributed by atoms with Crippen molar-refractivity contribution in [2.24, 2.45) is 5.92 Å². The van der Waals surface area contributed by atoms with Gasteiger partial charge in [-0.05, 0) is 24.5 Å². The third kappa shape index (κ3) is 3.72. The van der Waals surface area contributed by atoms with Crippen LogP contribution in [0.25, 0.3) is 0 Å². The number of halogens is 1. The number of hydrogen-bond acceptors (Lipinski definition) is 4. The van der Waals surface area contributed by atoms with Crippen molar-refractivity contribution >= 4 is 0 Å². The summed E-state index contributed by atoms with van der Waals surface area (Å²) in [5.74, 6) is -0.621. The van der Waals surface area contributed by atoms with Gasteiger partial charge < -0.3 is 10.4 Å². The maximum Gasteiger partial charge on any atom is 0.166 e. The molecule has 5 heteroatoms. The molecule has 0 aromatic heterocycles. The Kier molecular flexibility index (Phi) is 5.16. The van der Waals surface area contributed by atoms with Gasteiger partial charge in [0.1, 0.15) is 0 Å². The first-order chi connectivity index (χ1) is 10.0. The summed E-state index contributed by atoms with van der Waals surface area (Å²) < 4.78 is 13.9. The normalized spacial score (nSPS) is 17.7. The Morgan fingerprint density at radius 2 is 2.05 bits per heavy atom. The van der Waals surface area contributed by atoms with Crippen molar-refractivity contribution in [1.82, 2.24) is 10.2 Å². The molecule has 1 aromatic carbocycles. The number of rotatable bonds is 4. The first kappa shape index (κ1) is 15.7. The molecule has 1 fully saturated rings. The van der Waals surface area contributed by atoms with E-state index in [9.17, 15) is 9.50 Å². The molecule has 0 radical (unpaired) electrons. The number of nitriles is 1. The molecule has 1 heterocycles. The van der Waals surface area contributed by atoms with Crippen LogP contribution >= 0.6 is 0 Å². The molecule has 2 N–H and O–H groups in total. The van der Waals surface area contributed by atoms with Gasteiger partial charge in [-0.15, -0.1) is 0 Å². The van der Waals surface area contributed by atoms with Gasteiger partial charge in [0.05, 0.1) is 11.6 Å². The molecule has 21 heavy (non-hydrogen) atoms. The van der Waals surface area contributed by atoms with Gasteiger partial charge in [0.2, 0.25) is 0 Å². The lowest BCUT2D eigenvalue weighted by molar-refractivity contribution is 0.151. The van der Waals surface area contributed by atoms with Gasteiger partial charge in [0, 0.05) is 37.8 Å². The van der Waals surface area contributed by atoms with Crippen LogP contribution in [-0.4, -0.2) is 36.2 Å². The van der Waals surface area contributed by atoms with Gasteiger partial charge in [0.25, 0.3) is 0 Å². The fraction of sp³-hybridized carbons (Fsp3) is 0.562. The van der Waals surface area contributed by atoms with Crippen LogP contribution in [0.1, 0.15) is 37.4 Å². The lowest BCUT2D eigenvalue weighted by atomic mass is 9.93. The van der Waals surface area contributed by atoms with E-state index in [-0.39, 0.29) is 17.4 Å². The van der Waals surface area contributed by atoms with Crippen LogP contribution < -0.4 is 5.32 Å². The van der Waals surface area contributed by atoms with Crippen molar-refractivity contribution in [3.63, 3.8) is 0 Å². The fourth-order valence-corrected chi connectivity index (χ4v) is 2.85. The molecule has 0 amide bonds. The lowest BCUT2D eigenvalue weighted by Gasteiger charge is -2.36. The molecule has 0 saturated carbocycles. The highest BCUT2D eigenvalue weighted by atomic mass is 19.1. The van der Waals surface area contributed by atoms with E-state index in [4.69, 9.17) is 5.26 Å². The number of nitrogens with one attached hydrogen (secondary N) is 1. The number of phenols is 1. The number of piperazine rings is 1. The standard InChI is InChI=1S/C16H22FN3O/c1-11(2)7-15(20-5-3-19-4-6-20)13-8-12(10-18)9-14(17)16(13)21/h8-9,11,15,19,21H,3-7H2,1-2H3/t15-/m1/s1. The zero-order chi connectivity index (χ0) is 15.4. The summed E-state index contributed by atoms with van der Waals surface area (Å²) in [6.45, 7) is 7.70. The molecule has 1 aromatic rings. The van der Waals surface area contributed by atoms with Gasteiger partial charge in [-0.3, -0.25) is 4.90 Å². The molecule has 114 valence electrons. The van der Waals surface area contributed by atoms with E-state index >= 15 is 0 Å². The Labute approximate surface area is 125 Å². The molecule has 0 bridgehead atoms. The highest BCUT2D eigenvalue weighted by molar-refractivity contribution is 5.44. The molecule has 1 aliphatic rings. The molecule has 0 spiro atoms. The Morgan fingerprint density at radius 3 is 2.62 bits per heavy atom. The van der Waals surface area contributed by atoms with E-state index in [0.29, 0.717) is 11.5 Å². The van der Waals surface area contributed by atoms with Crippen molar-refractivity contribution in [1.29, 1.82) is 5.26 Å². The second-order valence-electron chi connectivity index (χ2n) is 5.94. The van der Waals surface area contributed by atoms with Crippen LogP contribution in [0.4, 0.5) is 4.39 Å². The number of aromatic hydroxyl groups is 1. The number of nitrogens with zero attached hydrogens (tertiary/aromatic N) is 2. The van der Waals surface area contributed by atoms with Gasteiger partial charge >= 0.3 is 0 Å². The quantitative estimate of drug-likeness (QED) is 0.894. The summed E-state index contributed by atoms with van der Waals surface area (Å²) in [6, 6.07) is 4.61. The largest absolute Gasteiger partial charge is 0.505 e. The third-order valence-electron chi connectivity index (χ3n) is 3.87.